The van der Waals surface area contributed by atoms with Crippen LogP contribution in [-0.4, -0.2) is 11.7 Å². The van der Waals surface area contributed by atoms with Crippen LogP contribution in [0.15, 0.2) is 18.2 Å². The zero-order valence-electron chi connectivity index (χ0n) is 7.45. The zero-order chi connectivity index (χ0) is 9.68. The molecule has 0 aliphatic carbocycles. The summed E-state index contributed by atoms with van der Waals surface area (Å²) in [5, 5.41) is 17.6. The molecule has 0 radical (unpaired) electrons. The van der Waals surface area contributed by atoms with Gasteiger partial charge in [-0.05, 0) is 25.1 Å². The average molecular weight is 177 g/mol. The van der Waals surface area contributed by atoms with Crippen LogP contribution in [0.1, 0.15) is 18.1 Å². The van der Waals surface area contributed by atoms with E-state index in [1.807, 2.05) is 13.0 Å². The van der Waals surface area contributed by atoms with Gasteiger partial charge >= 0.3 is 0 Å². The Morgan fingerprint density at radius 3 is 2.85 bits per heavy atom. The first-order valence-electron chi connectivity index (χ1n) is 4.08. The molecule has 0 amide bonds. The Balaban J connectivity index is 3.02. The minimum Gasteiger partial charge on any atom is -0.494 e. The number of rotatable bonds is 3. The highest BCUT2D eigenvalue weighted by Gasteiger charge is 2.02. The smallest absolute Gasteiger partial charge is 0.124 e. The fourth-order valence-corrected chi connectivity index (χ4v) is 1.07. The molecule has 0 unspecified atom stereocenters. The van der Waals surface area contributed by atoms with Crippen LogP contribution in [0.2, 0.25) is 0 Å². The molecule has 0 heterocycles. The van der Waals surface area contributed by atoms with Crippen LogP contribution in [-0.2, 0) is 6.61 Å². The molecule has 13 heavy (non-hydrogen) atoms. The van der Waals surface area contributed by atoms with Gasteiger partial charge in [-0.1, -0.05) is 0 Å². The van der Waals surface area contributed by atoms with E-state index in [1.54, 1.807) is 18.2 Å². The highest BCUT2D eigenvalue weighted by atomic mass is 16.5. The number of aliphatic hydroxyl groups excluding tert-OH is 1. The van der Waals surface area contributed by atoms with Gasteiger partial charge in [0.25, 0.3) is 0 Å². The second-order valence-electron chi connectivity index (χ2n) is 2.53. The van der Waals surface area contributed by atoms with Crippen molar-refractivity contribution in [2.24, 2.45) is 0 Å². The van der Waals surface area contributed by atoms with Gasteiger partial charge in [-0.2, -0.15) is 5.26 Å². The van der Waals surface area contributed by atoms with Crippen molar-refractivity contribution in [2.45, 2.75) is 13.5 Å². The van der Waals surface area contributed by atoms with Crippen LogP contribution in [0, 0.1) is 11.3 Å². The third-order valence-corrected chi connectivity index (χ3v) is 1.66. The van der Waals surface area contributed by atoms with Gasteiger partial charge in [0.2, 0.25) is 0 Å². The molecule has 0 spiro atoms. The van der Waals surface area contributed by atoms with Gasteiger partial charge in [0.1, 0.15) is 5.75 Å². The summed E-state index contributed by atoms with van der Waals surface area (Å²) < 4.78 is 5.26. The Hall–Kier alpha value is -1.53. The van der Waals surface area contributed by atoms with E-state index in [2.05, 4.69) is 0 Å². The molecule has 0 aromatic heterocycles. The number of ether oxygens (including phenoxy) is 1. The lowest BCUT2D eigenvalue weighted by Gasteiger charge is -2.07. The summed E-state index contributed by atoms with van der Waals surface area (Å²) in [5.74, 6) is 0.643. The highest BCUT2D eigenvalue weighted by Crippen LogP contribution is 2.19. The lowest BCUT2D eigenvalue weighted by atomic mass is 10.1. The normalized spacial score (nSPS) is 9.31. The summed E-state index contributed by atoms with van der Waals surface area (Å²) in [6, 6.07) is 7.01. The summed E-state index contributed by atoms with van der Waals surface area (Å²) in [4.78, 5) is 0. The van der Waals surface area contributed by atoms with Crippen molar-refractivity contribution in [3.63, 3.8) is 0 Å². The summed E-state index contributed by atoms with van der Waals surface area (Å²) >= 11 is 0. The maximum Gasteiger partial charge on any atom is 0.124 e. The van der Waals surface area contributed by atoms with Gasteiger partial charge in [0.15, 0.2) is 0 Å². The van der Waals surface area contributed by atoms with Gasteiger partial charge in [-0.15, -0.1) is 0 Å². The lowest BCUT2D eigenvalue weighted by molar-refractivity contribution is 0.267. The maximum atomic E-state index is 8.98. The molecular weight excluding hydrogens is 166 g/mol. The molecule has 0 aliphatic rings. The van der Waals surface area contributed by atoms with Gasteiger partial charge < -0.3 is 9.84 Å². The van der Waals surface area contributed by atoms with Crippen molar-refractivity contribution in [3.8, 4) is 11.8 Å². The third-order valence-electron chi connectivity index (χ3n) is 1.66. The minimum absolute atomic E-state index is 0.106. The molecule has 0 atom stereocenters. The predicted octanol–water partition coefficient (Wildman–Crippen LogP) is 1.45. The fraction of sp³-hybridized carbons (Fsp3) is 0.300. The SMILES string of the molecule is CCOc1ccc(C#N)cc1CO. The van der Waals surface area contributed by atoms with E-state index in [-0.39, 0.29) is 6.61 Å². The molecule has 0 aliphatic heterocycles. The largest absolute Gasteiger partial charge is 0.494 e. The Bertz CT molecular complexity index is 328. The summed E-state index contributed by atoms with van der Waals surface area (Å²) in [5.41, 5.74) is 1.19. The van der Waals surface area contributed by atoms with Crippen molar-refractivity contribution < 1.29 is 9.84 Å². The third kappa shape index (κ3) is 2.20. The van der Waals surface area contributed by atoms with Crippen LogP contribution >= 0.6 is 0 Å². The molecule has 1 N–H and O–H groups in total. The molecule has 0 fully saturated rings. The Labute approximate surface area is 77.2 Å². The van der Waals surface area contributed by atoms with Gasteiger partial charge in [0.05, 0.1) is 24.8 Å². The van der Waals surface area contributed by atoms with Gasteiger partial charge in [-0.25, -0.2) is 0 Å². The van der Waals surface area contributed by atoms with Crippen molar-refractivity contribution >= 4 is 0 Å². The Morgan fingerprint density at radius 1 is 1.54 bits per heavy atom. The number of hydrogen-bond acceptors (Lipinski definition) is 3. The van der Waals surface area contributed by atoms with E-state index in [1.165, 1.54) is 0 Å². The quantitative estimate of drug-likeness (QED) is 0.760. The minimum atomic E-state index is -0.106. The monoisotopic (exact) mass is 177 g/mol. The fourth-order valence-electron chi connectivity index (χ4n) is 1.07. The molecule has 1 aromatic rings. The van der Waals surface area contributed by atoms with Crippen molar-refractivity contribution in [3.05, 3.63) is 29.3 Å². The van der Waals surface area contributed by atoms with Crippen molar-refractivity contribution in [2.75, 3.05) is 6.61 Å². The molecule has 3 nitrogen and oxygen atoms in total. The molecule has 1 aromatic carbocycles. The molecule has 3 heteroatoms. The van der Waals surface area contributed by atoms with E-state index in [0.717, 1.165) is 0 Å². The van der Waals surface area contributed by atoms with Crippen molar-refractivity contribution in [1.29, 1.82) is 5.26 Å². The number of aliphatic hydroxyl groups is 1. The molecule has 68 valence electrons. The molecular formula is C10H11NO2. The molecule has 1 rings (SSSR count). The number of nitriles is 1. The van der Waals surface area contributed by atoms with Crippen LogP contribution in [0.5, 0.6) is 5.75 Å². The van der Waals surface area contributed by atoms with E-state index < -0.39 is 0 Å². The topological polar surface area (TPSA) is 53.2 Å². The highest BCUT2D eigenvalue weighted by molar-refractivity contribution is 5.41. The van der Waals surface area contributed by atoms with Crippen LogP contribution in [0.25, 0.3) is 0 Å². The van der Waals surface area contributed by atoms with E-state index in [0.29, 0.717) is 23.5 Å². The zero-order valence-corrected chi connectivity index (χ0v) is 7.45. The lowest BCUT2D eigenvalue weighted by Crippen LogP contribution is -1.97. The van der Waals surface area contributed by atoms with Crippen LogP contribution in [0.3, 0.4) is 0 Å². The predicted molar refractivity (Wildman–Crippen MR) is 48.2 cm³/mol. The number of nitrogens with zero attached hydrogens (tertiary/aromatic N) is 1. The summed E-state index contributed by atoms with van der Waals surface area (Å²) in [6.07, 6.45) is 0. The molecule has 0 saturated carbocycles. The van der Waals surface area contributed by atoms with Crippen LogP contribution < -0.4 is 4.74 Å². The average Bonchev–Trinajstić information content (AvgIpc) is 2.19. The van der Waals surface area contributed by atoms with E-state index >= 15 is 0 Å². The first kappa shape index (κ1) is 9.56. The number of benzene rings is 1. The molecule has 0 saturated heterocycles. The first-order chi connectivity index (χ1) is 6.31. The first-order valence-corrected chi connectivity index (χ1v) is 4.08. The van der Waals surface area contributed by atoms with Gasteiger partial charge in [0, 0.05) is 5.56 Å². The van der Waals surface area contributed by atoms with Crippen molar-refractivity contribution in [1.82, 2.24) is 0 Å². The maximum absolute atomic E-state index is 8.98. The second kappa shape index (κ2) is 4.48. The van der Waals surface area contributed by atoms with E-state index in [4.69, 9.17) is 15.1 Å². The number of hydrogen-bond donors (Lipinski definition) is 1. The summed E-state index contributed by atoms with van der Waals surface area (Å²) in [6.45, 7) is 2.32. The van der Waals surface area contributed by atoms with Gasteiger partial charge in [-0.3, -0.25) is 0 Å². The Morgan fingerprint density at radius 2 is 2.31 bits per heavy atom. The standard InChI is InChI=1S/C10H11NO2/c1-2-13-10-4-3-8(6-11)5-9(10)7-12/h3-5,12H,2,7H2,1H3. The van der Waals surface area contributed by atoms with Crippen LogP contribution in [0.4, 0.5) is 0 Å². The Kier molecular flexibility index (Phi) is 3.30. The molecule has 0 bridgehead atoms. The summed E-state index contributed by atoms with van der Waals surface area (Å²) in [7, 11) is 0. The van der Waals surface area contributed by atoms with E-state index in [9.17, 15) is 0 Å². The second-order valence-corrected chi connectivity index (χ2v) is 2.53.